The molecule has 1 aromatic carbocycles. The van der Waals surface area contributed by atoms with Gasteiger partial charge in [-0.15, -0.1) is 0 Å². The van der Waals surface area contributed by atoms with Gasteiger partial charge in [0.2, 0.25) is 5.91 Å². The van der Waals surface area contributed by atoms with E-state index in [1.807, 2.05) is 4.90 Å². The summed E-state index contributed by atoms with van der Waals surface area (Å²) in [5.41, 5.74) is 3.80. The quantitative estimate of drug-likeness (QED) is 0.735. The molecule has 0 N–H and O–H groups in total. The van der Waals surface area contributed by atoms with Crippen LogP contribution in [0.2, 0.25) is 0 Å². The van der Waals surface area contributed by atoms with E-state index in [-0.39, 0.29) is 12.5 Å². The van der Waals surface area contributed by atoms with Crippen molar-refractivity contribution < 1.29 is 9.53 Å². The number of aryl methyl sites for hydroxylation is 1. The van der Waals surface area contributed by atoms with Crippen LogP contribution in [0, 0.1) is 6.92 Å². The lowest BCUT2D eigenvalue weighted by Crippen LogP contribution is -2.40. The molecule has 4 rings (SSSR count). The molecule has 1 amide bonds. The number of amides is 1. The number of nitrogens with zero attached hydrogens (tertiary/aromatic N) is 4. The zero-order valence-corrected chi connectivity index (χ0v) is 18.1. The van der Waals surface area contributed by atoms with E-state index in [1.54, 1.807) is 7.11 Å². The van der Waals surface area contributed by atoms with E-state index in [1.165, 1.54) is 11.1 Å². The van der Waals surface area contributed by atoms with Crippen LogP contribution in [0.3, 0.4) is 0 Å². The van der Waals surface area contributed by atoms with Crippen LogP contribution in [0.4, 0.5) is 5.82 Å². The molecule has 2 aliphatic rings. The Morgan fingerprint density at radius 2 is 1.90 bits per heavy atom. The molecule has 0 saturated carbocycles. The smallest absolute Gasteiger partial charge is 0.248 e. The third-order valence-corrected chi connectivity index (χ3v) is 6.36. The lowest BCUT2D eigenvalue weighted by atomic mass is 9.95. The lowest BCUT2D eigenvalue weighted by molar-refractivity contribution is -0.136. The summed E-state index contributed by atoms with van der Waals surface area (Å²) in [5.74, 6) is 2.48. The van der Waals surface area contributed by atoms with Crippen LogP contribution >= 0.6 is 0 Å². The van der Waals surface area contributed by atoms with Gasteiger partial charge in [0.15, 0.2) is 0 Å². The van der Waals surface area contributed by atoms with Crippen LogP contribution in [0.1, 0.15) is 47.8 Å². The summed E-state index contributed by atoms with van der Waals surface area (Å²) in [6.07, 6.45) is 5.08. The molecule has 6 nitrogen and oxygen atoms in total. The molecule has 3 heterocycles. The van der Waals surface area contributed by atoms with Crippen LogP contribution in [-0.4, -0.2) is 60.7 Å². The number of rotatable bonds is 6. The Morgan fingerprint density at radius 1 is 1.13 bits per heavy atom. The van der Waals surface area contributed by atoms with Crippen LogP contribution in [0.25, 0.3) is 0 Å². The van der Waals surface area contributed by atoms with E-state index >= 15 is 0 Å². The highest BCUT2D eigenvalue weighted by atomic mass is 16.5. The summed E-state index contributed by atoms with van der Waals surface area (Å²) < 4.78 is 4.99. The first-order valence-corrected chi connectivity index (χ1v) is 11.1. The third-order valence-electron chi connectivity index (χ3n) is 6.36. The maximum atomic E-state index is 12.1. The molecule has 0 unspecified atom stereocenters. The molecule has 160 valence electrons. The number of hydrogen-bond acceptors (Lipinski definition) is 5. The molecular weight excluding hydrogens is 376 g/mol. The van der Waals surface area contributed by atoms with E-state index in [0.717, 1.165) is 75.6 Å². The van der Waals surface area contributed by atoms with Gasteiger partial charge < -0.3 is 14.5 Å². The molecule has 1 fully saturated rings. The predicted molar refractivity (Wildman–Crippen MR) is 118 cm³/mol. The average Bonchev–Trinajstić information content (AvgIpc) is 2.78. The molecule has 0 atom stereocenters. The van der Waals surface area contributed by atoms with Crippen molar-refractivity contribution in [3.8, 4) is 0 Å². The number of piperidine rings is 1. The first-order chi connectivity index (χ1) is 14.7. The van der Waals surface area contributed by atoms with E-state index in [2.05, 4.69) is 42.2 Å². The fourth-order valence-corrected chi connectivity index (χ4v) is 4.62. The van der Waals surface area contributed by atoms with Crippen LogP contribution in [0.5, 0.6) is 0 Å². The van der Waals surface area contributed by atoms with Crippen LogP contribution < -0.4 is 4.90 Å². The molecular formula is C24H32N4O2. The fraction of sp³-hybridized carbons (Fsp3) is 0.542. The van der Waals surface area contributed by atoms with Crippen molar-refractivity contribution >= 4 is 11.7 Å². The van der Waals surface area contributed by atoms with Crippen LogP contribution in [0.15, 0.2) is 30.3 Å². The Morgan fingerprint density at radius 3 is 2.63 bits per heavy atom. The zero-order chi connectivity index (χ0) is 20.9. The van der Waals surface area contributed by atoms with Gasteiger partial charge in [-0.3, -0.25) is 4.79 Å². The van der Waals surface area contributed by atoms with Gasteiger partial charge in [-0.25, -0.2) is 9.97 Å². The summed E-state index contributed by atoms with van der Waals surface area (Å²) in [7, 11) is 1.57. The number of anilines is 1. The number of aromatic nitrogens is 2. The Hall–Kier alpha value is -2.47. The second-order valence-corrected chi connectivity index (χ2v) is 8.38. The SMILES string of the molecule is COCC(=O)N1CCC(c2nc(C)c3c(n2)N(CCc2ccccc2)CCC3)CC1. The van der Waals surface area contributed by atoms with E-state index in [9.17, 15) is 4.79 Å². The number of carbonyl (C=O) groups is 1. The molecule has 2 aromatic rings. The Kier molecular flexibility index (Phi) is 6.62. The third kappa shape index (κ3) is 4.64. The number of likely N-dealkylation sites (tertiary alicyclic amines) is 1. The maximum absolute atomic E-state index is 12.1. The number of carbonyl (C=O) groups excluding carboxylic acids is 1. The second-order valence-electron chi connectivity index (χ2n) is 8.38. The first kappa shape index (κ1) is 20.8. The predicted octanol–water partition coefficient (Wildman–Crippen LogP) is 3.13. The second kappa shape index (κ2) is 9.56. The van der Waals surface area contributed by atoms with Crippen molar-refractivity contribution in [3.05, 3.63) is 53.0 Å². The van der Waals surface area contributed by atoms with Gasteiger partial charge in [-0.2, -0.15) is 0 Å². The summed E-state index contributed by atoms with van der Waals surface area (Å²) in [5, 5.41) is 0. The number of benzene rings is 1. The molecule has 30 heavy (non-hydrogen) atoms. The molecule has 1 saturated heterocycles. The van der Waals surface area contributed by atoms with Crippen molar-refractivity contribution in [2.75, 3.05) is 44.8 Å². The van der Waals surface area contributed by atoms with Crippen molar-refractivity contribution in [1.82, 2.24) is 14.9 Å². The highest BCUT2D eigenvalue weighted by molar-refractivity contribution is 5.77. The topological polar surface area (TPSA) is 58.6 Å². The normalized spacial score (nSPS) is 17.1. The standard InChI is InChI=1S/C24H32N4O2/c1-18-21-9-6-13-28(14-10-19-7-4-3-5-8-19)24(21)26-23(25-18)20-11-15-27(16-12-20)22(29)17-30-2/h3-5,7-8,20H,6,9-17H2,1-2H3. The molecule has 0 bridgehead atoms. The van der Waals surface area contributed by atoms with Crippen molar-refractivity contribution in [2.24, 2.45) is 0 Å². The first-order valence-electron chi connectivity index (χ1n) is 11.1. The highest BCUT2D eigenvalue weighted by Crippen LogP contribution is 2.32. The Labute approximate surface area is 179 Å². The summed E-state index contributed by atoms with van der Waals surface area (Å²) in [6, 6.07) is 10.7. The summed E-state index contributed by atoms with van der Waals surface area (Å²) >= 11 is 0. The van der Waals surface area contributed by atoms with E-state index in [0.29, 0.717) is 5.92 Å². The molecule has 2 aliphatic heterocycles. The monoisotopic (exact) mass is 408 g/mol. The molecule has 0 spiro atoms. The Balaban J connectivity index is 1.47. The lowest BCUT2D eigenvalue weighted by Gasteiger charge is -2.34. The van der Waals surface area contributed by atoms with E-state index < -0.39 is 0 Å². The van der Waals surface area contributed by atoms with Gasteiger partial charge in [-0.1, -0.05) is 30.3 Å². The van der Waals surface area contributed by atoms with Gasteiger partial charge in [0.1, 0.15) is 18.2 Å². The van der Waals surface area contributed by atoms with Crippen LogP contribution in [-0.2, 0) is 22.4 Å². The maximum Gasteiger partial charge on any atom is 0.248 e. The molecule has 0 radical (unpaired) electrons. The highest BCUT2D eigenvalue weighted by Gasteiger charge is 2.28. The van der Waals surface area contributed by atoms with Gasteiger partial charge >= 0.3 is 0 Å². The van der Waals surface area contributed by atoms with Gasteiger partial charge in [0.25, 0.3) is 0 Å². The number of hydrogen-bond donors (Lipinski definition) is 0. The van der Waals surface area contributed by atoms with Crippen molar-refractivity contribution in [2.45, 2.75) is 44.9 Å². The Bertz CT molecular complexity index is 863. The van der Waals surface area contributed by atoms with Gasteiger partial charge in [0, 0.05) is 50.5 Å². The van der Waals surface area contributed by atoms with Crippen molar-refractivity contribution in [3.63, 3.8) is 0 Å². The minimum Gasteiger partial charge on any atom is -0.375 e. The minimum atomic E-state index is 0.0746. The molecule has 0 aliphatic carbocycles. The van der Waals surface area contributed by atoms with E-state index in [4.69, 9.17) is 14.7 Å². The average molecular weight is 409 g/mol. The number of methoxy groups -OCH3 is 1. The van der Waals surface area contributed by atoms with Gasteiger partial charge in [-0.05, 0) is 44.6 Å². The number of fused-ring (bicyclic) bond motifs is 1. The molecule has 6 heteroatoms. The zero-order valence-electron chi connectivity index (χ0n) is 18.1. The minimum absolute atomic E-state index is 0.0746. The fourth-order valence-electron chi connectivity index (χ4n) is 4.62. The van der Waals surface area contributed by atoms with Gasteiger partial charge in [0.05, 0.1) is 0 Å². The summed E-state index contributed by atoms with van der Waals surface area (Å²) in [6.45, 7) is 5.84. The number of ether oxygens (including phenoxy) is 1. The van der Waals surface area contributed by atoms with Crippen molar-refractivity contribution in [1.29, 1.82) is 0 Å². The molecule has 1 aromatic heterocycles. The largest absolute Gasteiger partial charge is 0.375 e. The summed E-state index contributed by atoms with van der Waals surface area (Å²) in [4.78, 5) is 26.4.